The Bertz CT molecular complexity index is 450. The van der Waals surface area contributed by atoms with Crippen LogP contribution < -0.4 is 11.1 Å². The molecule has 2 rings (SSSR count). The maximum atomic E-state index is 13.5. The average molecular weight is 291 g/mol. The van der Waals surface area contributed by atoms with E-state index >= 15 is 0 Å². The van der Waals surface area contributed by atoms with Gasteiger partial charge in [0.05, 0.1) is 0 Å². The van der Waals surface area contributed by atoms with Gasteiger partial charge in [0.15, 0.2) is 0 Å². The van der Waals surface area contributed by atoms with Gasteiger partial charge in [0.1, 0.15) is 11.6 Å². The van der Waals surface area contributed by atoms with Crippen molar-refractivity contribution in [2.45, 2.75) is 25.3 Å². The third-order valence-electron chi connectivity index (χ3n) is 3.29. The number of amides is 1. The van der Waals surface area contributed by atoms with E-state index in [0.29, 0.717) is 6.42 Å². The Morgan fingerprint density at radius 3 is 2.58 bits per heavy atom. The third kappa shape index (κ3) is 3.42. The summed E-state index contributed by atoms with van der Waals surface area (Å²) in [5.74, 6) is -1.81. The molecular weight excluding hydrogens is 274 g/mol. The Hall–Kier alpha value is -1.20. The van der Waals surface area contributed by atoms with Gasteiger partial charge in [-0.2, -0.15) is 0 Å². The van der Waals surface area contributed by atoms with Gasteiger partial charge in [-0.3, -0.25) is 4.79 Å². The molecule has 0 spiro atoms. The molecule has 0 saturated heterocycles. The van der Waals surface area contributed by atoms with Crippen LogP contribution in [0.1, 0.15) is 24.8 Å². The van der Waals surface area contributed by atoms with Gasteiger partial charge in [-0.05, 0) is 18.6 Å². The van der Waals surface area contributed by atoms with Crippen LogP contribution in [-0.4, -0.2) is 18.5 Å². The van der Waals surface area contributed by atoms with Crippen molar-refractivity contribution in [3.63, 3.8) is 0 Å². The standard InChI is InChI=1S/C13H16F2N2O.ClH/c1-7(6-16)13(18)17-11-5-8(11)12-9(14)3-2-4-10(12)15;/h2-4,7-8,11H,5-6,16H2,1H3,(H,17,18);1H. The lowest BCUT2D eigenvalue weighted by Crippen LogP contribution is -2.35. The SMILES string of the molecule is CC(CN)C(=O)NC1CC1c1c(F)cccc1F.Cl. The molecular formula is C13H17ClF2N2O. The van der Waals surface area contributed by atoms with Crippen molar-refractivity contribution in [1.82, 2.24) is 5.32 Å². The number of nitrogens with two attached hydrogens (primary N) is 1. The molecule has 106 valence electrons. The lowest BCUT2D eigenvalue weighted by molar-refractivity contribution is -0.124. The Kier molecular flexibility index (Phi) is 5.26. The van der Waals surface area contributed by atoms with Crippen molar-refractivity contribution in [3.05, 3.63) is 35.4 Å². The van der Waals surface area contributed by atoms with Crippen molar-refractivity contribution in [1.29, 1.82) is 0 Å². The van der Waals surface area contributed by atoms with Crippen LogP contribution >= 0.6 is 12.4 Å². The van der Waals surface area contributed by atoms with Crippen LogP contribution in [0.15, 0.2) is 18.2 Å². The molecule has 1 aliphatic rings. The Labute approximate surface area is 117 Å². The summed E-state index contributed by atoms with van der Waals surface area (Å²) < 4.78 is 27.0. The second kappa shape index (κ2) is 6.30. The van der Waals surface area contributed by atoms with Crippen LogP contribution in [0.3, 0.4) is 0 Å². The summed E-state index contributed by atoms with van der Waals surface area (Å²) in [6.45, 7) is 1.98. The van der Waals surface area contributed by atoms with Crippen LogP contribution in [0.25, 0.3) is 0 Å². The van der Waals surface area contributed by atoms with Gasteiger partial charge < -0.3 is 11.1 Å². The number of benzene rings is 1. The van der Waals surface area contributed by atoms with E-state index in [9.17, 15) is 13.6 Å². The highest BCUT2D eigenvalue weighted by Gasteiger charge is 2.43. The molecule has 1 aliphatic carbocycles. The summed E-state index contributed by atoms with van der Waals surface area (Å²) in [7, 11) is 0. The van der Waals surface area contributed by atoms with E-state index in [1.54, 1.807) is 6.92 Å². The predicted octanol–water partition coefficient (Wildman–Crippen LogP) is 1.95. The fraction of sp³-hybridized carbons (Fsp3) is 0.462. The van der Waals surface area contributed by atoms with E-state index in [-0.39, 0.29) is 48.3 Å². The van der Waals surface area contributed by atoms with Crippen LogP contribution in [0, 0.1) is 17.6 Å². The molecule has 0 radical (unpaired) electrons. The molecule has 1 aromatic rings. The molecule has 3 atom stereocenters. The minimum atomic E-state index is -0.552. The molecule has 19 heavy (non-hydrogen) atoms. The number of halogens is 3. The minimum absolute atomic E-state index is 0. The zero-order chi connectivity index (χ0) is 13.3. The predicted molar refractivity (Wildman–Crippen MR) is 71.1 cm³/mol. The van der Waals surface area contributed by atoms with Gasteiger partial charge in [0.25, 0.3) is 0 Å². The fourth-order valence-corrected chi connectivity index (χ4v) is 1.97. The highest BCUT2D eigenvalue weighted by molar-refractivity contribution is 5.85. The lowest BCUT2D eigenvalue weighted by Gasteiger charge is -2.10. The number of hydrogen-bond acceptors (Lipinski definition) is 2. The summed E-state index contributed by atoms with van der Waals surface area (Å²) >= 11 is 0. The first kappa shape index (κ1) is 15.9. The molecule has 3 N–H and O–H groups in total. The van der Waals surface area contributed by atoms with Gasteiger partial charge in [0.2, 0.25) is 5.91 Å². The monoisotopic (exact) mass is 290 g/mol. The van der Waals surface area contributed by atoms with Gasteiger partial charge >= 0.3 is 0 Å². The van der Waals surface area contributed by atoms with Crippen LogP contribution in [0.2, 0.25) is 0 Å². The van der Waals surface area contributed by atoms with Crippen LogP contribution in [0.5, 0.6) is 0 Å². The second-order valence-corrected chi connectivity index (χ2v) is 4.73. The van der Waals surface area contributed by atoms with Gasteiger partial charge in [-0.15, -0.1) is 12.4 Å². The maximum Gasteiger partial charge on any atom is 0.224 e. The summed E-state index contributed by atoms with van der Waals surface area (Å²) in [5.41, 5.74) is 5.45. The van der Waals surface area contributed by atoms with E-state index < -0.39 is 11.6 Å². The number of nitrogens with one attached hydrogen (secondary N) is 1. The highest BCUT2D eigenvalue weighted by Crippen LogP contribution is 2.43. The van der Waals surface area contributed by atoms with E-state index in [1.807, 2.05) is 0 Å². The van der Waals surface area contributed by atoms with Gasteiger partial charge in [-0.25, -0.2) is 8.78 Å². The third-order valence-corrected chi connectivity index (χ3v) is 3.29. The van der Waals surface area contributed by atoms with Crippen molar-refractivity contribution in [3.8, 4) is 0 Å². The van der Waals surface area contributed by atoms with E-state index in [2.05, 4.69) is 5.32 Å². The Morgan fingerprint density at radius 1 is 1.47 bits per heavy atom. The molecule has 0 aliphatic heterocycles. The van der Waals surface area contributed by atoms with Crippen LogP contribution in [0.4, 0.5) is 8.78 Å². The minimum Gasteiger partial charge on any atom is -0.352 e. The lowest BCUT2D eigenvalue weighted by atomic mass is 10.1. The molecule has 1 aromatic carbocycles. The summed E-state index contributed by atoms with van der Waals surface area (Å²) in [6, 6.07) is 3.62. The average Bonchev–Trinajstić information content (AvgIpc) is 3.06. The molecule has 3 unspecified atom stereocenters. The number of carbonyl (C=O) groups excluding carboxylic acids is 1. The summed E-state index contributed by atoms with van der Waals surface area (Å²) in [6.07, 6.45) is 0.570. The Morgan fingerprint density at radius 2 is 2.05 bits per heavy atom. The number of rotatable bonds is 4. The first-order valence-corrected chi connectivity index (χ1v) is 5.99. The highest BCUT2D eigenvalue weighted by atomic mass is 35.5. The second-order valence-electron chi connectivity index (χ2n) is 4.73. The smallest absolute Gasteiger partial charge is 0.224 e. The molecule has 0 heterocycles. The van der Waals surface area contributed by atoms with E-state index in [1.165, 1.54) is 18.2 Å². The first-order valence-electron chi connectivity index (χ1n) is 5.99. The van der Waals surface area contributed by atoms with Gasteiger partial charge in [-0.1, -0.05) is 13.0 Å². The van der Waals surface area contributed by atoms with Crippen molar-refractivity contribution < 1.29 is 13.6 Å². The summed E-state index contributed by atoms with van der Waals surface area (Å²) in [5, 5.41) is 2.76. The quantitative estimate of drug-likeness (QED) is 0.890. The molecule has 1 amide bonds. The number of carbonyl (C=O) groups is 1. The zero-order valence-electron chi connectivity index (χ0n) is 10.5. The molecule has 0 bridgehead atoms. The molecule has 0 aromatic heterocycles. The zero-order valence-corrected chi connectivity index (χ0v) is 11.3. The Balaban J connectivity index is 0.00000180. The molecule has 1 fully saturated rings. The molecule has 3 nitrogen and oxygen atoms in total. The van der Waals surface area contributed by atoms with Crippen molar-refractivity contribution in [2.24, 2.45) is 11.7 Å². The topological polar surface area (TPSA) is 55.1 Å². The molecule has 1 saturated carbocycles. The normalized spacial score (nSPS) is 22.3. The first-order chi connectivity index (χ1) is 8.54. The van der Waals surface area contributed by atoms with Crippen molar-refractivity contribution >= 4 is 18.3 Å². The van der Waals surface area contributed by atoms with E-state index in [0.717, 1.165) is 0 Å². The summed E-state index contributed by atoms with van der Waals surface area (Å²) in [4.78, 5) is 11.6. The largest absolute Gasteiger partial charge is 0.352 e. The maximum absolute atomic E-state index is 13.5. The van der Waals surface area contributed by atoms with E-state index in [4.69, 9.17) is 5.73 Å². The van der Waals surface area contributed by atoms with Gasteiger partial charge in [0, 0.05) is 30.0 Å². The fourth-order valence-electron chi connectivity index (χ4n) is 1.97. The number of hydrogen-bond donors (Lipinski definition) is 2. The molecule has 6 heteroatoms. The van der Waals surface area contributed by atoms with Crippen LogP contribution in [-0.2, 0) is 4.79 Å². The van der Waals surface area contributed by atoms with Crippen molar-refractivity contribution in [2.75, 3.05) is 6.54 Å².